The maximum Gasteiger partial charge on any atom is 0.343 e. The Morgan fingerprint density at radius 2 is 1.76 bits per heavy atom. The fraction of sp³-hybridized carbons (Fsp3) is 0.0870. The second-order valence-electron chi connectivity index (χ2n) is 6.74. The average Bonchev–Trinajstić information content (AvgIpc) is 2.84. The van der Waals surface area contributed by atoms with Crippen molar-refractivity contribution in [2.24, 2.45) is 5.10 Å². The Bertz CT molecular complexity index is 1310. The third-order valence-corrected chi connectivity index (χ3v) is 6.24. The van der Waals surface area contributed by atoms with Crippen LogP contribution in [-0.4, -0.2) is 40.2 Å². The van der Waals surface area contributed by atoms with Crippen LogP contribution < -0.4 is 19.6 Å². The first-order valence-electron chi connectivity index (χ1n) is 9.81. The molecule has 176 valence electrons. The van der Waals surface area contributed by atoms with Gasteiger partial charge in [0, 0.05) is 4.47 Å². The lowest BCUT2D eigenvalue weighted by molar-refractivity contribution is -0.119. The molecular formula is C23H20BrN3O6S. The van der Waals surface area contributed by atoms with Crippen LogP contribution in [0.25, 0.3) is 0 Å². The number of hydrogen-bond acceptors (Lipinski definition) is 7. The minimum Gasteiger partial charge on any atom is -0.493 e. The molecule has 0 radical (unpaired) electrons. The monoisotopic (exact) mass is 545 g/mol. The number of amides is 1. The molecule has 0 atom stereocenters. The number of nitrogens with zero attached hydrogens (tertiary/aromatic N) is 1. The standard InChI is InChI=1S/C23H20BrN3O6S/c1-32-21-12-16(10-11-20(21)33-23(29)17-6-5-7-18(24)13-17)14-25-27-22(28)15-26-34(30,31)19-8-3-2-4-9-19/h2-14,26H,15H2,1H3,(H,27,28)/b25-14-. The molecule has 3 aromatic carbocycles. The molecule has 3 rings (SSSR count). The van der Waals surface area contributed by atoms with Crippen LogP contribution in [0, 0.1) is 0 Å². The van der Waals surface area contributed by atoms with E-state index in [-0.39, 0.29) is 16.4 Å². The normalized spacial score (nSPS) is 11.2. The van der Waals surface area contributed by atoms with Gasteiger partial charge in [0.25, 0.3) is 5.91 Å². The van der Waals surface area contributed by atoms with Crippen molar-refractivity contribution in [2.75, 3.05) is 13.7 Å². The fourth-order valence-corrected chi connectivity index (χ4v) is 4.09. The minimum absolute atomic E-state index is 0.0547. The van der Waals surface area contributed by atoms with Gasteiger partial charge in [-0.1, -0.05) is 40.2 Å². The molecule has 0 aromatic heterocycles. The van der Waals surface area contributed by atoms with Crippen LogP contribution in [0.2, 0.25) is 0 Å². The summed E-state index contributed by atoms with van der Waals surface area (Å²) >= 11 is 3.31. The van der Waals surface area contributed by atoms with E-state index in [9.17, 15) is 18.0 Å². The highest BCUT2D eigenvalue weighted by Crippen LogP contribution is 2.28. The molecule has 0 bridgehead atoms. The number of rotatable bonds is 9. The van der Waals surface area contributed by atoms with Crippen molar-refractivity contribution in [3.63, 3.8) is 0 Å². The second-order valence-corrected chi connectivity index (χ2v) is 9.42. The molecule has 1 amide bonds. The van der Waals surface area contributed by atoms with Crippen molar-refractivity contribution in [2.45, 2.75) is 4.90 Å². The molecule has 2 N–H and O–H groups in total. The molecule has 3 aromatic rings. The van der Waals surface area contributed by atoms with Gasteiger partial charge in [0.2, 0.25) is 10.0 Å². The Morgan fingerprint density at radius 3 is 2.47 bits per heavy atom. The molecule has 0 saturated carbocycles. The predicted octanol–water partition coefficient (Wildman–Crippen LogP) is 3.11. The zero-order valence-corrected chi connectivity index (χ0v) is 20.3. The number of hydrazone groups is 1. The average molecular weight is 546 g/mol. The van der Waals surface area contributed by atoms with Gasteiger partial charge < -0.3 is 9.47 Å². The summed E-state index contributed by atoms with van der Waals surface area (Å²) in [6, 6.07) is 19.2. The molecular weight excluding hydrogens is 526 g/mol. The van der Waals surface area contributed by atoms with Crippen molar-refractivity contribution < 1.29 is 27.5 Å². The second kappa shape index (κ2) is 11.5. The Hall–Kier alpha value is -3.54. The number of halogens is 1. The third-order valence-electron chi connectivity index (χ3n) is 4.33. The smallest absolute Gasteiger partial charge is 0.343 e. The Balaban J connectivity index is 1.57. The summed E-state index contributed by atoms with van der Waals surface area (Å²) in [7, 11) is -2.38. The number of nitrogens with one attached hydrogen (secondary N) is 2. The van der Waals surface area contributed by atoms with Crippen molar-refractivity contribution in [1.82, 2.24) is 10.1 Å². The van der Waals surface area contributed by atoms with E-state index in [1.54, 1.807) is 54.6 Å². The van der Waals surface area contributed by atoms with E-state index in [2.05, 4.69) is 31.2 Å². The number of sulfonamides is 1. The van der Waals surface area contributed by atoms with Gasteiger partial charge in [-0.25, -0.2) is 23.4 Å². The van der Waals surface area contributed by atoms with Crippen LogP contribution in [0.3, 0.4) is 0 Å². The molecule has 0 heterocycles. The number of carbonyl (C=O) groups excluding carboxylic acids is 2. The van der Waals surface area contributed by atoms with E-state index in [0.717, 1.165) is 4.47 Å². The molecule has 0 fully saturated rings. The largest absolute Gasteiger partial charge is 0.493 e. The van der Waals surface area contributed by atoms with E-state index in [0.29, 0.717) is 11.1 Å². The van der Waals surface area contributed by atoms with Gasteiger partial charge in [0.1, 0.15) is 0 Å². The lowest BCUT2D eigenvalue weighted by atomic mass is 10.2. The molecule has 0 unspecified atom stereocenters. The summed E-state index contributed by atoms with van der Waals surface area (Å²) in [6.07, 6.45) is 1.34. The van der Waals surface area contributed by atoms with Gasteiger partial charge >= 0.3 is 5.97 Å². The summed E-state index contributed by atoms with van der Waals surface area (Å²) in [5.74, 6) is -0.702. The van der Waals surface area contributed by atoms with Gasteiger partial charge in [-0.2, -0.15) is 5.10 Å². The highest BCUT2D eigenvalue weighted by atomic mass is 79.9. The summed E-state index contributed by atoms with van der Waals surface area (Å²) in [5.41, 5.74) is 3.15. The summed E-state index contributed by atoms with van der Waals surface area (Å²) in [6.45, 7) is -0.484. The van der Waals surface area contributed by atoms with Crippen molar-refractivity contribution in [3.8, 4) is 11.5 Å². The van der Waals surface area contributed by atoms with E-state index < -0.39 is 28.4 Å². The third kappa shape index (κ3) is 6.98. The van der Waals surface area contributed by atoms with Crippen molar-refractivity contribution in [3.05, 3.63) is 88.4 Å². The number of carbonyl (C=O) groups is 2. The molecule has 0 saturated heterocycles. The zero-order chi connectivity index (χ0) is 24.6. The molecule has 11 heteroatoms. The van der Waals surface area contributed by atoms with Crippen LogP contribution in [-0.2, 0) is 14.8 Å². The highest BCUT2D eigenvalue weighted by molar-refractivity contribution is 9.10. The summed E-state index contributed by atoms with van der Waals surface area (Å²) in [5, 5.41) is 3.81. The van der Waals surface area contributed by atoms with Crippen LogP contribution >= 0.6 is 15.9 Å². The number of hydrogen-bond donors (Lipinski definition) is 2. The van der Waals surface area contributed by atoms with E-state index in [1.807, 2.05) is 0 Å². The molecule has 0 spiro atoms. The van der Waals surface area contributed by atoms with Gasteiger partial charge in [-0.05, 0) is 54.1 Å². The number of esters is 1. The Kier molecular flexibility index (Phi) is 8.52. The summed E-state index contributed by atoms with van der Waals surface area (Å²) < 4.78 is 37.9. The van der Waals surface area contributed by atoms with Crippen molar-refractivity contribution >= 4 is 44.0 Å². The maximum absolute atomic E-state index is 12.4. The van der Waals surface area contributed by atoms with Crippen molar-refractivity contribution in [1.29, 1.82) is 0 Å². The summed E-state index contributed by atoms with van der Waals surface area (Å²) in [4.78, 5) is 24.4. The molecule has 0 aliphatic rings. The van der Waals surface area contributed by atoms with Gasteiger partial charge in [0.05, 0.1) is 30.3 Å². The lowest BCUT2D eigenvalue weighted by Crippen LogP contribution is -2.34. The first-order valence-corrected chi connectivity index (χ1v) is 12.1. The van der Waals surface area contributed by atoms with E-state index in [1.165, 1.54) is 31.5 Å². The van der Waals surface area contributed by atoms with Crippen LogP contribution in [0.1, 0.15) is 15.9 Å². The molecule has 0 aliphatic heterocycles. The topological polar surface area (TPSA) is 123 Å². The minimum atomic E-state index is -3.80. The van der Waals surface area contributed by atoms with E-state index in [4.69, 9.17) is 9.47 Å². The quantitative estimate of drug-likeness (QED) is 0.184. The van der Waals surface area contributed by atoms with Crippen LogP contribution in [0.4, 0.5) is 0 Å². The number of benzene rings is 3. The van der Waals surface area contributed by atoms with Crippen LogP contribution in [0.15, 0.2) is 87.3 Å². The zero-order valence-electron chi connectivity index (χ0n) is 17.9. The highest BCUT2D eigenvalue weighted by Gasteiger charge is 2.15. The molecule has 9 nitrogen and oxygen atoms in total. The van der Waals surface area contributed by atoms with Gasteiger partial charge in [-0.3, -0.25) is 4.79 Å². The molecule has 34 heavy (non-hydrogen) atoms. The van der Waals surface area contributed by atoms with Gasteiger partial charge in [0.15, 0.2) is 11.5 Å². The first kappa shape index (κ1) is 25.1. The van der Waals surface area contributed by atoms with E-state index >= 15 is 0 Å². The first-order chi connectivity index (χ1) is 16.3. The maximum atomic E-state index is 12.4. The predicted molar refractivity (Wildman–Crippen MR) is 129 cm³/mol. The molecule has 0 aliphatic carbocycles. The lowest BCUT2D eigenvalue weighted by Gasteiger charge is -2.10. The Labute approximate surface area is 205 Å². The SMILES string of the molecule is COc1cc(/C=N\NC(=O)CNS(=O)(=O)c2ccccc2)ccc1OC(=O)c1cccc(Br)c1. The van der Waals surface area contributed by atoms with Crippen LogP contribution in [0.5, 0.6) is 11.5 Å². The number of methoxy groups -OCH3 is 1. The Morgan fingerprint density at radius 1 is 1.00 bits per heavy atom. The fourth-order valence-electron chi connectivity index (χ4n) is 2.68. The van der Waals surface area contributed by atoms with Gasteiger partial charge in [-0.15, -0.1) is 0 Å². The number of ether oxygens (including phenoxy) is 2.